The van der Waals surface area contributed by atoms with Gasteiger partial charge in [0.05, 0.1) is 0 Å². The molecule has 1 fully saturated rings. The van der Waals surface area contributed by atoms with E-state index in [2.05, 4.69) is 27.2 Å². The molecule has 0 radical (unpaired) electrons. The largest absolute Gasteiger partial charge is 0.368 e. The van der Waals surface area contributed by atoms with E-state index in [1.807, 2.05) is 13.0 Å². The molecular formula is C11H18N4. The van der Waals surface area contributed by atoms with E-state index in [0.717, 1.165) is 18.2 Å². The minimum absolute atomic E-state index is 0.653. The van der Waals surface area contributed by atoms with Crippen LogP contribution in [-0.2, 0) is 0 Å². The van der Waals surface area contributed by atoms with Crippen LogP contribution in [-0.4, -0.2) is 41.0 Å². The highest BCUT2D eigenvalue weighted by molar-refractivity contribution is 5.32. The molecule has 15 heavy (non-hydrogen) atoms. The summed E-state index contributed by atoms with van der Waals surface area (Å²) >= 11 is 0. The van der Waals surface area contributed by atoms with Gasteiger partial charge in [-0.25, -0.2) is 9.97 Å². The maximum absolute atomic E-state index is 4.32. The number of likely N-dealkylation sites (tertiary alicyclic amines) is 1. The second kappa shape index (κ2) is 4.57. The summed E-state index contributed by atoms with van der Waals surface area (Å²) in [6.07, 6.45) is 4.39. The van der Waals surface area contributed by atoms with Crippen LogP contribution in [0.15, 0.2) is 12.3 Å². The van der Waals surface area contributed by atoms with Gasteiger partial charge in [-0.15, -0.1) is 0 Å². The van der Waals surface area contributed by atoms with Gasteiger partial charge in [-0.2, -0.15) is 0 Å². The number of aromatic nitrogens is 2. The molecular weight excluding hydrogens is 188 g/mol. The van der Waals surface area contributed by atoms with Gasteiger partial charge in [0.15, 0.2) is 0 Å². The van der Waals surface area contributed by atoms with Gasteiger partial charge in [0.2, 0.25) is 0 Å². The SMILES string of the molecule is Cc1nccc(NCC2CCCN2C)n1. The molecule has 1 aromatic rings. The summed E-state index contributed by atoms with van der Waals surface area (Å²) in [5.41, 5.74) is 0. The number of rotatable bonds is 3. The van der Waals surface area contributed by atoms with Crippen LogP contribution < -0.4 is 5.32 Å². The molecule has 2 heterocycles. The number of hydrogen-bond acceptors (Lipinski definition) is 4. The van der Waals surface area contributed by atoms with Gasteiger partial charge in [0.1, 0.15) is 11.6 Å². The van der Waals surface area contributed by atoms with Crippen LogP contribution in [0.25, 0.3) is 0 Å². The van der Waals surface area contributed by atoms with Crippen molar-refractivity contribution in [3.63, 3.8) is 0 Å². The molecule has 1 saturated heterocycles. The van der Waals surface area contributed by atoms with E-state index in [4.69, 9.17) is 0 Å². The topological polar surface area (TPSA) is 41.1 Å². The minimum atomic E-state index is 0.653. The van der Waals surface area contributed by atoms with E-state index in [1.54, 1.807) is 6.20 Å². The molecule has 1 aliphatic heterocycles. The Hall–Kier alpha value is -1.16. The van der Waals surface area contributed by atoms with Gasteiger partial charge in [0, 0.05) is 18.8 Å². The molecule has 1 unspecified atom stereocenters. The quantitative estimate of drug-likeness (QED) is 0.809. The van der Waals surface area contributed by atoms with E-state index < -0.39 is 0 Å². The molecule has 82 valence electrons. The molecule has 4 heteroatoms. The molecule has 1 N–H and O–H groups in total. The van der Waals surface area contributed by atoms with Crippen molar-refractivity contribution >= 4 is 5.82 Å². The average Bonchev–Trinajstić information content (AvgIpc) is 2.61. The molecule has 0 aromatic carbocycles. The lowest BCUT2D eigenvalue weighted by atomic mass is 10.2. The molecule has 1 atom stereocenters. The van der Waals surface area contributed by atoms with E-state index in [0.29, 0.717) is 6.04 Å². The van der Waals surface area contributed by atoms with Crippen molar-refractivity contribution in [2.75, 3.05) is 25.5 Å². The van der Waals surface area contributed by atoms with Gasteiger partial charge in [-0.05, 0) is 39.4 Å². The molecule has 1 aromatic heterocycles. The first kappa shape index (κ1) is 10.4. The fraction of sp³-hybridized carbons (Fsp3) is 0.636. The van der Waals surface area contributed by atoms with E-state index in [1.165, 1.54) is 19.4 Å². The maximum Gasteiger partial charge on any atom is 0.129 e. The van der Waals surface area contributed by atoms with E-state index in [9.17, 15) is 0 Å². The van der Waals surface area contributed by atoms with Gasteiger partial charge in [-0.3, -0.25) is 0 Å². The van der Waals surface area contributed by atoms with Gasteiger partial charge >= 0.3 is 0 Å². The molecule has 0 spiro atoms. The van der Waals surface area contributed by atoms with Crippen LogP contribution in [0.1, 0.15) is 18.7 Å². The van der Waals surface area contributed by atoms with Crippen LogP contribution in [0.3, 0.4) is 0 Å². The lowest BCUT2D eigenvalue weighted by Crippen LogP contribution is -2.31. The average molecular weight is 206 g/mol. The van der Waals surface area contributed by atoms with Crippen LogP contribution in [0.5, 0.6) is 0 Å². The van der Waals surface area contributed by atoms with Crippen LogP contribution in [0.2, 0.25) is 0 Å². The fourth-order valence-corrected chi connectivity index (χ4v) is 2.01. The first-order valence-corrected chi connectivity index (χ1v) is 5.49. The van der Waals surface area contributed by atoms with Crippen molar-refractivity contribution in [3.8, 4) is 0 Å². The van der Waals surface area contributed by atoms with Crippen molar-refractivity contribution in [2.24, 2.45) is 0 Å². The first-order chi connectivity index (χ1) is 7.25. The van der Waals surface area contributed by atoms with Crippen molar-refractivity contribution in [3.05, 3.63) is 18.1 Å². The molecule has 0 saturated carbocycles. The number of nitrogens with one attached hydrogen (secondary N) is 1. The maximum atomic E-state index is 4.32. The molecule has 1 aliphatic rings. The lowest BCUT2D eigenvalue weighted by Gasteiger charge is -2.19. The number of likely N-dealkylation sites (N-methyl/N-ethyl adjacent to an activating group) is 1. The molecule has 4 nitrogen and oxygen atoms in total. The van der Waals surface area contributed by atoms with Crippen molar-refractivity contribution in [1.29, 1.82) is 0 Å². The monoisotopic (exact) mass is 206 g/mol. The summed E-state index contributed by atoms with van der Waals surface area (Å²) in [5, 5.41) is 3.37. The van der Waals surface area contributed by atoms with Crippen LogP contribution in [0, 0.1) is 6.92 Å². The van der Waals surface area contributed by atoms with Crippen LogP contribution in [0.4, 0.5) is 5.82 Å². The summed E-state index contributed by atoms with van der Waals surface area (Å²) in [7, 11) is 2.19. The third-order valence-electron chi connectivity index (χ3n) is 2.97. The number of anilines is 1. The molecule has 0 bridgehead atoms. The predicted molar refractivity (Wildman–Crippen MR) is 60.9 cm³/mol. The summed E-state index contributed by atoms with van der Waals surface area (Å²) in [4.78, 5) is 10.8. The van der Waals surface area contributed by atoms with Gasteiger partial charge in [-0.1, -0.05) is 0 Å². The van der Waals surface area contributed by atoms with Gasteiger partial charge in [0.25, 0.3) is 0 Å². The third kappa shape index (κ3) is 2.65. The standard InChI is InChI=1S/C11H18N4/c1-9-12-6-5-11(14-9)13-8-10-4-3-7-15(10)2/h5-6,10H,3-4,7-8H2,1-2H3,(H,12,13,14). The van der Waals surface area contributed by atoms with Crippen molar-refractivity contribution in [2.45, 2.75) is 25.8 Å². The highest BCUT2D eigenvalue weighted by atomic mass is 15.2. The predicted octanol–water partition coefficient (Wildman–Crippen LogP) is 1.29. The summed E-state index contributed by atoms with van der Waals surface area (Å²) in [6, 6.07) is 2.57. The normalized spacial score (nSPS) is 21.9. The molecule has 0 aliphatic carbocycles. The summed E-state index contributed by atoms with van der Waals surface area (Å²) in [6.45, 7) is 4.11. The second-order valence-corrected chi connectivity index (χ2v) is 4.15. The summed E-state index contributed by atoms with van der Waals surface area (Å²) < 4.78 is 0. The van der Waals surface area contributed by atoms with Gasteiger partial charge < -0.3 is 10.2 Å². The Labute approximate surface area is 90.7 Å². The number of aryl methyl sites for hydroxylation is 1. The Bertz CT molecular complexity index is 326. The first-order valence-electron chi connectivity index (χ1n) is 5.49. The second-order valence-electron chi connectivity index (χ2n) is 4.15. The minimum Gasteiger partial charge on any atom is -0.368 e. The zero-order valence-corrected chi connectivity index (χ0v) is 9.40. The fourth-order valence-electron chi connectivity index (χ4n) is 2.01. The number of nitrogens with zero attached hydrogens (tertiary/aromatic N) is 3. The van der Waals surface area contributed by atoms with Crippen molar-refractivity contribution in [1.82, 2.24) is 14.9 Å². The zero-order chi connectivity index (χ0) is 10.7. The Balaban J connectivity index is 1.87. The van der Waals surface area contributed by atoms with Crippen molar-refractivity contribution < 1.29 is 0 Å². The van der Waals surface area contributed by atoms with E-state index in [-0.39, 0.29) is 0 Å². The Morgan fingerprint density at radius 1 is 1.60 bits per heavy atom. The third-order valence-corrected chi connectivity index (χ3v) is 2.97. The van der Waals surface area contributed by atoms with Crippen LogP contribution >= 0.6 is 0 Å². The molecule has 2 rings (SSSR count). The lowest BCUT2D eigenvalue weighted by molar-refractivity contribution is 0.322. The van der Waals surface area contributed by atoms with E-state index >= 15 is 0 Å². The molecule has 0 amide bonds. The number of hydrogen-bond donors (Lipinski definition) is 1. The smallest absolute Gasteiger partial charge is 0.129 e. The zero-order valence-electron chi connectivity index (χ0n) is 9.40. The Kier molecular flexibility index (Phi) is 3.16. The highest BCUT2D eigenvalue weighted by Gasteiger charge is 2.20. The Morgan fingerprint density at radius 2 is 2.47 bits per heavy atom. The highest BCUT2D eigenvalue weighted by Crippen LogP contribution is 2.15. The Morgan fingerprint density at radius 3 is 3.13 bits per heavy atom. The summed E-state index contributed by atoms with van der Waals surface area (Å²) in [5.74, 6) is 1.75.